The third kappa shape index (κ3) is 1.58. The number of rotatable bonds is 1. The fraction of sp³-hybridized carbons (Fsp3) is 0. The molecule has 0 fully saturated rings. The van der Waals surface area contributed by atoms with Gasteiger partial charge in [-0.05, 0) is 6.07 Å². The van der Waals surface area contributed by atoms with E-state index in [9.17, 15) is 4.39 Å². The first-order chi connectivity index (χ1) is 5.65. The molecule has 1 heterocycles. The summed E-state index contributed by atoms with van der Waals surface area (Å²) in [6.07, 6.45) is 1.03. The number of aromatic nitrogens is 1. The van der Waals surface area contributed by atoms with Gasteiger partial charge < -0.3 is 10.0 Å². The van der Waals surface area contributed by atoms with Crippen LogP contribution in [0.5, 0.6) is 0 Å². The van der Waals surface area contributed by atoms with E-state index in [0.717, 1.165) is 12.3 Å². The molecule has 0 bridgehead atoms. The third-order valence-corrected chi connectivity index (χ3v) is 1.27. The molecule has 0 aliphatic heterocycles. The molecule has 2 N–H and O–H groups in total. The van der Waals surface area contributed by atoms with Gasteiger partial charge in [-0.15, -0.1) is 0 Å². The van der Waals surface area contributed by atoms with Gasteiger partial charge in [0.1, 0.15) is 6.07 Å². The maximum Gasteiger partial charge on any atom is 0.490 e. The fourth-order valence-corrected chi connectivity index (χ4v) is 0.676. The van der Waals surface area contributed by atoms with E-state index in [1.165, 1.54) is 6.07 Å². The zero-order chi connectivity index (χ0) is 9.14. The average molecular weight is 166 g/mol. The van der Waals surface area contributed by atoms with E-state index in [2.05, 4.69) is 4.98 Å². The first-order valence-electron chi connectivity index (χ1n) is 3.07. The molecule has 0 atom stereocenters. The van der Waals surface area contributed by atoms with Gasteiger partial charge in [-0.2, -0.15) is 5.26 Å². The Hall–Kier alpha value is -1.45. The summed E-state index contributed by atoms with van der Waals surface area (Å²) >= 11 is 0. The third-order valence-electron chi connectivity index (χ3n) is 1.27. The van der Waals surface area contributed by atoms with Crippen molar-refractivity contribution in [2.45, 2.75) is 0 Å². The second-order valence-corrected chi connectivity index (χ2v) is 2.08. The Balaban J connectivity index is 3.12. The van der Waals surface area contributed by atoms with E-state index >= 15 is 0 Å². The normalized spacial score (nSPS) is 9.17. The number of nitrogens with zero attached hydrogens (tertiary/aromatic N) is 2. The average Bonchev–Trinajstić information content (AvgIpc) is 2.04. The first kappa shape index (κ1) is 8.65. The van der Waals surface area contributed by atoms with Crippen LogP contribution in [0.4, 0.5) is 4.39 Å². The van der Waals surface area contributed by atoms with Crippen LogP contribution in [-0.2, 0) is 0 Å². The Bertz CT molecular complexity index is 337. The molecular formula is C6H4BFN2O2. The molecule has 6 heteroatoms. The van der Waals surface area contributed by atoms with Gasteiger partial charge in [-0.3, -0.25) is 0 Å². The molecule has 0 aliphatic rings. The van der Waals surface area contributed by atoms with Crippen LogP contribution >= 0.6 is 0 Å². The summed E-state index contributed by atoms with van der Waals surface area (Å²) in [6.45, 7) is 0. The van der Waals surface area contributed by atoms with Crippen LogP contribution in [0.15, 0.2) is 12.3 Å². The number of hydrogen-bond acceptors (Lipinski definition) is 4. The first-order valence-corrected chi connectivity index (χ1v) is 3.07. The molecule has 1 rings (SSSR count). The molecular weight excluding hydrogens is 162 g/mol. The van der Waals surface area contributed by atoms with Crippen molar-refractivity contribution >= 4 is 12.6 Å². The van der Waals surface area contributed by atoms with Crippen LogP contribution in [0, 0.1) is 17.1 Å². The van der Waals surface area contributed by atoms with E-state index in [0.29, 0.717) is 0 Å². The Labute approximate surface area is 68.1 Å². The Morgan fingerprint density at radius 3 is 2.67 bits per heavy atom. The molecule has 0 aliphatic carbocycles. The van der Waals surface area contributed by atoms with Gasteiger partial charge in [0.05, 0.1) is 0 Å². The van der Waals surface area contributed by atoms with Crippen molar-refractivity contribution in [2.24, 2.45) is 0 Å². The highest BCUT2D eigenvalue weighted by molar-refractivity contribution is 6.58. The minimum atomic E-state index is -1.76. The van der Waals surface area contributed by atoms with Gasteiger partial charge in [0, 0.05) is 11.7 Å². The molecule has 0 saturated carbocycles. The van der Waals surface area contributed by atoms with Crippen LogP contribution in [-0.4, -0.2) is 22.2 Å². The van der Waals surface area contributed by atoms with Crippen molar-refractivity contribution in [1.82, 2.24) is 4.98 Å². The fourth-order valence-electron chi connectivity index (χ4n) is 0.676. The highest BCUT2D eigenvalue weighted by Gasteiger charge is 2.13. The summed E-state index contributed by atoms with van der Waals surface area (Å²) in [5.41, 5.74) is -0.439. The Morgan fingerprint density at radius 1 is 1.58 bits per heavy atom. The molecule has 0 saturated heterocycles. The smallest absolute Gasteiger partial charge is 0.423 e. The SMILES string of the molecule is N#Cc1ncc(B(O)O)cc1F. The van der Waals surface area contributed by atoms with E-state index < -0.39 is 12.9 Å². The van der Waals surface area contributed by atoms with Gasteiger partial charge in [-0.1, -0.05) is 0 Å². The number of nitriles is 1. The second kappa shape index (κ2) is 3.30. The van der Waals surface area contributed by atoms with Crippen molar-refractivity contribution in [3.05, 3.63) is 23.8 Å². The van der Waals surface area contributed by atoms with Crippen molar-refractivity contribution < 1.29 is 14.4 Å². The van der Waals surface area contributed by atoms with Crippen LogP contribution in [0.2, 0.25) is 0 Å². The van der Waals surface area contributed by atoms with Gasteiger partial charge in [0.2, 0.25) is 0 Å². The minimum Gasteiger partial charge on any atom is -0.423 e. The monoisotopic (exact) mass is 166 g/mol. The molecule has 0 spiro atoms. The largest absolute Gasteiger partial charge is 0.490 e. The maximum absolute atomic E-state index is 12.7. The lowest BCUT2D eigenvalue weighted by Gasteiger charge is -1.98. The molecule has 0 radical (unpaired) electrons. The van der Waals surface area contributed by atoms with Gasteiger partial charge in [0.25, 0.3) is 0 Å². The lowest BCUT2D eigenvalue weighted by atomic mass is 9.81. The van der Waals surface area contributed by atoms with Gasteiger partial charge in [0.15, 0.2) is 11.5 Å². The van der Waals surface area contributed by atoms with Gasteiger partial charge >= 0.3 is 7.12 Å². The predicted octanol–water partition coefficient (Wildman–Crippen LogP) is -1.23. The Morgan fingerprint density at radius 2 is 2.25 bits per heavy atom. The minimum absolute atomic E-state index is 0.0773. The van der Waals surface area contributed by atoms with Crippen molar-refractivity contribution in [3.63, 3.8) is 0 Å². The molecule has 60 valence electrons. The maximum atomic E-state index is 12.7. The van der Waals surface area contributed by atoms with Crippen LogP contribution in [0.1, 0.15) is 5.69 Å². The van der Waals surface area contributed by atoms with E-state index in [-0.39, 0.29) is 11.2 Å². The lowest BCUT2D eigenvalue weighted by Crippen LogP contribution is -2.30. The summed E-state index contributed by atoms with van der Waals surface area (Å²) in [5.74, 6) is -0.858. The van der Waals surface area contributed by atoms with E-state index in [1.54, 1.807) is 0 Å². The highest BCUT2D eigenvalue weighted by atomic mass is 19.1. The highest BCUT2D eigenvalue weighted by Crippen LogP contribution is 1.98. The summed E-state index contributed by atoms with van der Waals surface area (Å²) < 4.78 is 12.7. The van der Waals surface area contributed by atoms with Crippen LogP contribution < -0.4 is 5.46 Å². The van der Waals surface area contributed by atoms with Crippen molar-refractivity contribution in [1.29, 1.82) is 5.26 Å². The van der Waals surface area contributed by atoms with Gasteiger partial charge in [-0.25, -0.2) is 9.37 Å². The quantitative estimate of drug-likeness (QED) is 0.512. The molecule has 1 aromatic heterocycles. The van der Waals surface area contributed by atoms with Crippen molar-refractivity contribution in [2.75, 3.05) is 0 Å². The zero-order valence-electron chi connectivity index (χ0n) is 5.90. The van der Waals surface area contributed by atoms with Crippen molar-refractivity contribution in [3.8, 4) is 6.07 Å². The molecule has 0 aromatic carbocycles. The van der Waals surface area contributed by atoms with E-state index in [4.69, 9.17) is 15.3 Å². The van der Waals surface area contributed by atoms with Crippen LogP contribution in [0.3, 0.4) is 0 Å². The summed E-state index contributed by atoms with van der Waals surface area (Å²) in [7, 11) is -1.76. The number of halogens is 1. The van der Waals surface area contributed by atoms with Crippen LogP contribution in [0.25, 0.3) is 0 Å². The summed E-state index contributed by atoms with van der Waals surface area (Å²) in [4.78, 5) is 3.36. The molecule has 0 amide bonds. The summed E-state index contributed by atoms with van der Waals surface area (Å²) in [6, 6.07) is 2.37. The standard InChI is InChI=1S/C6H4BFN2O2/c8-5-1-4(7(11)12)3-10-6(5)2-9/h1,3,11-12H. The molecule has 0 unspecified atom stereocenters. The molecule has 12 heavy (non-hydrogen) atoms. The molecule has 4 nitrogen and oxygen atoms in total. The summed E-state index contributed by atoms with van der Waals surface area (Å²) in [5, 5.41) is 25.4. The lowest BCUT2D eigenvalue weighted by molar-refractivity contribution is 0.425. The number of pyridine rings is 1. The van der Waals surface area contributed by atoms with E-state index in [1.807, 2.05) is 0 Å². The molecule has 1 aromatic rings. The number of hydrogen-bond donors (Lipinski definition) is 2. The topological polar surface area (TPSA) is 77.1 Å². The predicted molar refractivity (Wildman–Crippen MR) is 38.7 cm³/mol. The zero-order valence-corrected chi connectivity index (χ0v) is 5.90. The second-order valence-electron chi connectivity index (χ2n) is 2.08. The Kier molecular flexibility index (Phi) is 2.38.